The number of hydrogen-bond acceptors (Lipinski definition) is 4. The van der Waals surface area contributed by atoms with Gasteiger partial charge in [-0.1, -0.05) is 36.4 Å². The van der Waals surface area contributed by atoms with Crippen molar-refractivity contribution < 1.29 is 23.9 Å². The summed E-state index contributed by atoms with van der Waals surface area (Å²) in [6, 6.07) is 12.9. The van der Waals surface area contributed by atoms with E-state index in [1.165, 1.54) is 0 Å². The predicted molar refractivity (Wildman–Crippen MR) is 105 cm³/mol. The number of fused-ring (bicyclic) bond motifs is 1. The molecule has 1 heterocycles. The molecule has 7 heteroatoms. The molecule has 0 aliphatic carbocycles. The number of benzene rings is 2. The van der Waals surface area contributed by atoms with Crippen LogP contribution in [0.3, 0.4) is 0 Å². The number of carbonyl (C=O) groups excluding carboxylic acids is 3. The molecule has 0 fully saturated rings. The molecule has 1 aliphatic rings. The molecular weight excluding hydrogens is 375 g/mol. The highest BCUT2D eigenvalue weighted by Gasteiger charge is 2.38. The molecule has 2 N–H and O–H groups in total. The van der Waals surface area contributed by atoms with Crippen molar-refractivity contribution in [3.8, 4) is 0 Å². The predicted octanol–water partition coefficient (Wildman–Crippen LogP) is 2.42. The lowest BCUT2D eigenvalue weighted by atomic mass is 9.95. The van der Waals surface area contributed by atoms with Crippen LogP contribution in [0.25, 0.3) is 0 Å². The zero-order chi connectivity index (χ0) is 21.0. The van der Waals surface area contributed by atoms with Crippen molar-refractivity contribution in [1.82, 2.24) is 10.2 Å². The van der Waals surface area contributed by atoms with Crippen molar-refractivity contribution in [3.63, 3.8) is 0 Å². The quantitative estimate of drug-likeness (QED) is 0.669. The number of imide groups is 1. The van der Waals surface area contributed by atoms with Gasteiger partial charge in [-0.3, -0.25) is 23.7 Å². The molecule has 1 aliphatic heterocycles. The van der Waals surface area contributed by atoms with Crippen molar-refractivity contribution >= 4 is 17.7 Å². The molecule has 3 amide bonds. The van der Waals surface area contributed by atoms with Crippen molar-refractivity contribution in [3.05, 3.63) is 70.8 Å². The number of rotatable bonds is 8. The average Bonchev–Trinajstić information content (AvgIpc) is 2.97. The maximum Gasteiger partial charge on any atom is 0.261 e. The SMILES string of the molecule is CC(CCF)NC(=O)[C@H](CN1C(=O)c2ccccc2C1=O)c1ccc(CO)cc1. The molecule has 2 atom stereocenters. The molecule has 2 aromatic rings. The number of aliphatic hydroxyl groups is 1. The number of halogens is 1. The van der Waals surface area contributed by atoms with Crippen LogP contribution in [0.4, 0.5) is 4.39 Å². The van der Waals surface area contributed by atoms with Crippen molar-refractivity contribution in [2.24, 2.45) is 0 Å². The second-order valence-electron chi connectivity index (χ2n) is 7.11. The normalized spacial score (nSPS) is 15.2. The third-order valence-electron chi connectivity index (χ3n) is 5.06. The molecule has 0 saturated heterocycles. The molecule has 0 saturated carbocycles. The van der Waals surface area contributed by atoms with Crippen LogP contribution >= 0.6 is 0 Å². The van der Waals surface area contributed by atoms with Crippen molar-refractivity contribution in [2.45, 2.75) is 31.9 Å². The van der Waals surface area contributed by atoms with Gasteiger partial charge in [-0.05, 0) is 36.6 Å². The first kappa shape index (κ1) is 20.7. The number of carbonyl (C=O) groups is 3. The summed E-state index contributed by atoms with van der Waals surface area (Å²) in [7, 11) is 0. The van der Waals surface area contributed by atoms with Gasteiger partial charge in [0, 0.05) is 12.6 Å². The van der Waals surface area contributed by atoms with Crippen LogP contribution in [-0.4, -0.2) is 47.0 Å². The number of nitrogens with one attached hydrogen (secondary N) is 1. The molecule has 1 unspecified atom stereocenters. The van der Waals surface area contributed by atoms with Crippen LogP contribution in [0.2, 0.25) is 0 Å². The summed E-state index contributed by atoms with van der Waals surface area (Å²) < 4.78 is 12.6. The van der Waals surface area contributed by atoms with Gasteiger partial charge in [0.15, 0.2) is 0 Å². The Balaban J connectivity index is 1.88. The first-order valence-corrected chi connectivity index (χ1v) is 9.47. The Morgan fingerprint density at radius 2 is 1.66 bits per heavy atom. The summed E-state index contributed by atoms with van der Waals surface area (Å²) in [4.78, 5) is 39.4. The van der Waals surface area contributed by atoms with Gasteiger partial charge >= 0.3 is 0 Å². The monoisotopic (exact) mass is 398 g/mol. The van der Waals surface area contributed by atoms with Crippen molar-refractivity contribution in [2.75, 3.05) is 13.2 Å². The Morgan fingerprint density at radius 1 is 1.07 bits per heavy atom. The van der Waals surface area contributed by atoms with Crippen LogP contribution in [0.1, 0.15) is 51.1 Å². The molecule has 0 spiro atoms. The zero-order valence-corrected chi connectivity index (χ0v) is 16.1. The second kappa shape index (κ2) is 8.96. The van der Waals surface area contributed by atoms with E-state index in [1.807, 2.05) is 0 Å². The number of nitrogens with zero attached hydrogens (tertiary/aromatic N) is 1. The maximum atomic E-state index is 12.9. The number of hydrogen-bond donors (Lipinski definition) is 2. The Morgan fingerprint density at radius 3 is 2.17 bits per heavy atom. The van der Waals surface area contributed by atoms with E-state index >= 15 is 0 Å². The fourth-order valence-electron chi connectivity index (χ4n) is 3.36. The van der Waals surface area contributed by atoms with Crippen LogP contribution in [0.15, 0.2) is 48.5 Å². The Labute approximate surface area is 168 Å². The van der Waals surface area contributed by atoms with E-state index in [9.17, 15) is 23.9 Å². The minimum atomic E-state index is -0.813. The molecule has 0 aromatic heterocycles. The van der Waals surface area contributed by atoms with E-state index in [2.05, 4.69) is 5.32 Å². The zero-order valence-electron chi connectivity index (χ0n) is 16.1. The molecule has 152 valence electrons. The summed E-state index contributed by atoms with van der Waals surface area (Å²) in [5.41, 5.74) is 1.92. The van der Waals surface area contributed by atoms with Gasteiger partial charge in [-0.15, -0.1) is 0 Å². The second-order valence-corrected chi connectivity index (χ2v) is 7.11. The molecule has 0 radical (unpaired) electrons. The van der Waals surface area contributed by atoms with E-state index in [-0.39, 0.29) is 31.5 Å². The van der Waals surface area contributed by atoms with E-state index in [4.69, 9.17) is 0 Å². The molecule has 2 aromatic carbocycles. The van der Waals surface area contributed by atoms with Gasteiger partial charge in [-0.2, -0.15) is 0 Å². The Hall–Kier alpha value is -3.06. The molecule has 3 rings (SSSR count). The maximum absolute atomic E-state index is 12.9. The van der Waals surface area contributed by atoms with Gasteiger partial charge in [-0.25, -0.2) is 0 Å². The minimum Gasteiger partial charge on any atom is -0.392 e. The Bertz CT molecular complexity index is 878. The summed E-state index contributed by atoms with van der Waals surface area (Å²) in [5.74, 6) is -2.08. The summed E-state index contributed by atoms with van der Waals surface area (Å²) in [6.45, 7) is 0.878. The smallest absolute Gasteiger partial charge is 0.261 e. The fraction of sp³-hybridized carbons (Fsp3) is 0.318. The average molecular weight is 398 g/mol. The lowest BCUT2D eigenvalue weighted by Gasteiger charge is -2.24. The van der Waals surface area contributed by atoms with E-state index in [1.54, 1.807) is 55.5 Å². The topological polar surface area (TPSA) is 86.7 Å². The molecular formula is C22H23FN2O4. The van der Waals surface area contributed by atoms with E-state index in [0.717, 1.165) is 4.90 Å². The van der Waals surface area contributed by atoms with Gasteiger partial charge in [0.2, 0.25) is 5.91 Å². The number of aliphatic hydroxyl groups excluding tert-OH is 1. The van der Waals surface area contributed by atoms with Crippen LogP contribution in [0.5, 0.6) is 0 Å². The lowest BCUT2D eigenvalue weighted by Crippen LogP contribution is -2.42. The largest absolute Gasteiger partial charge is 0.392 e. The van der Waals surface area contributed by atoms with Crippen molar-refractivity contribution in [1.29, 1.82) is 0 Å². The minimum absolute atomic E-state index is 0.126. The molecule has 6 nitrogen and oxygen atoms in total. The highest BCUT2D eigenvalue weighted by atomic mass is 19.1. The van der Waals surface area contributed by atoms with Gasteiger partial charge in [0.05, 0.1) is 30.3 Å². The standard InChI is InChI=1S/C22H23FN2O4/c1-14(10-11-23)24-20(27)19(16-8-6-15(13-26)7-9-16)12-25-21(28)17-4-2-3-5-18(17)22(25)29/h2-9,14,19,26H,10-13H2,1H3,(H,24,27)/t14?,19-/m1/s1. The van der Waals surface area contributed by atoms with Gasteiger partial charge in [0.1, 0.15) is 0 Å². The first-order chi connectivity index (χ1) is 14.0. The summed E-state index contributed by atoms with van der Waals surface area (Å²) in [5, 5.41) is 12.0. The summed E-state index contributed by atoms with van der Waals surface area (Å²) >= 11 is 0. The lowest BCUT2D eigenvalue weighted by molar-refractivity contribution is -0.123. The van der Waals surface area contributed by atoms with Gasteiger partial charge in [0.25, 0.3) is 11.8 Å². The van der Waals surface area contributed by atoms with E-state index < -0.39 is 24.4 Å². The Kier molecular flexibility index (Phi) is 6.39. The molecule has 0 bridgehead atoms. The van der Waals surface area contributed by atoms with E-state index in [0.29, 0.717) is 22.3 Å². The molecule has 29 heavy (non-hydrogen) atoms. The fourth-order valence-corrected chi connectivity index (χ4v) is 3.36. The highest BCUT2D eigenvalue weighted by molar-refractivity contribution is 6.21. The number of alkyl halides is 1. The van der Waals surface area contributed by atoms with Crippen LogP contribution in [0, 0.1) is 0 Å². The third kappa shape index (κ3) is 4.35. The highest BCUT2D eigenvalue weighted by Crippen LogP contribution is 2.27. The summed E-state index contributed by atoms with van der Waals surface area (Å²) in [6.07, 6.45) is 0.176. The van der Waals surface area contributed by atoms with Crippen LogP contribution in [-0.2, 0) is 11.4 Å². The number of amides is 3. The van der Waals surface area contributed by atoms with Gasteiger partial charge < -0.3 is 10.4 Å². The first-order valence-electron chi connectivity index (χ1n) is 9.47. The van der Waals surface area contributed by atoms with Crippen LogP contribution < -0.4 is 5.32 Å². The third-order valence-corrected chi connectivity index (χ3v) is 5.06.